The third-order valence-corrected chi connectivity index (χ3v) is 3.81. The van der Waals surface area contributed by atoms with Gasteiger partial charge in [0.05, 0.1) is 6.54 Å². The number of aromatic nitrogens is 2. The Morgan fingerprint density at radius 2 is 2.28 bits per heavy atom. The van der Waals surface area contributed by atoms with Crippen LogP contribution in [-0.4, -0.2) is 38.7 Å². The second-order valence-corrected chi connectivity index (χ2v) is 5.34. The number of nitrogens with zero attached hydrogens (tertiary/aromatic N) is 3. The Bertz CT molecular complexity index is 455. The van der Waals surface area contributed by atoms with Crippen molar-refractivity contribution in [1.29, 1.82) is 0 Å². The number of hydrogen-bond acceptors (Lipinski definition) is 5. The van der Waals surface area contributed by atoms with Gasteiger partial charge >= 0.3 is 5.97 Å². The van der Waals surface area contributed by atoms with Crippen LogP contribution in [0.15, 0.2) is 4.52 Å². The first kappa shape index (κ1) is 11.6. The molecule has 2 atom stereocenters. The lowest BCUT2D eigenvalue weighted by molar-refractivity contribution is -0.143. The summed E-state index contributed by atoms with van der Waals surface area (Å²) < 4.78 is 5.19. The van der Waals surface area contributed by atoms with E-state index in [-0.39, 0.29) is 5.92 Å². The summed E-state index contributed by atoms with van der Waals surface area (Å²) in [5.74, 6) is 1.18. The lowest BCUT2D eigenvalue weighted by atomic mass is 10.0. The molecule has 1 aliphatic carbocycles. The maximum atomic E-state index is 11.2. The zero-order valence-corrected chi connectivity index (χ0v) is 10.4. The van der Waals surface area contributed by atoms with Crippen molar-refractivity contribution in [3.8, 4) is 0 Å². The fourth-order valence-corrected chi connectivity index (χ4v) is 2.61. The van der Waals surface area contributed by atoms with Crippen molar-refractivity contribution in [3.63, 3.8) is 0 Å². The molecule has 0 aromatic carbocycles. The molecule has 1 N–H and O–H groups in total. The molecular weight excluding hydrogens is 234 g/mol. The SMILES string of the molecule is CC1CCN(Cc2noc(C3CC3)n2)C1C(=O)O. The highest BCUT2D eigenvalue weighted by molar-refractivity contribution is 5.74. The predicted molar refractivity (Wildman–Crippen MR) is 61.9 cm³/mol. The average Bonchev–Trinajstić information content (AvgIpc) is 2.96. The summed E-state index contributed by atoms with van der Waals surface area (Å²) in [6.07, 6.45) is 3.16. The summed E-state index contributed by atoms with van der Waals surface area (Å²) in [6.45, 7) is 3.23. The number of carbonyl (C=O) groups is 1. The molecule has 6 nitrogen and oxygen atoms in total. The molecule has 98 valence electrons. The summed E-state index contributed by atoms with van der Waals surface area (Å²) >= 11 is 0. The van der Waals surface area contributed by atoms with Crippen molar-refractivity contribution in [2.75, 3.05) is 6.54 Å². The van der Waals surface area contributed by atoms with Crippen molar-refractivity contribution in [1.82, 2.24) is 15.0 Å². The Kier molecular flexibility index (Phi) is 2.81. The van der Waals surface area contributed by atoms with Crippen molar-refractivity contribution < 1.29 is 14.4 Å². The van der Waals surface area contributed by atoms with E-state index in [9.17, 15) is 9.90 Å². The first-order valence-corrected chi connectivity index (χ1v) is 6.44. The van der Waals surface area contributed by atoms with Gasteiger partial charge in [0.2, 0.25) is 5.89 Å². The second kappa shape index (κ2) is 4.35. The number of aliphatic carboxylic acids is 1. The third-order valence-electron chi connectivity index (χ3n) is 3.81. The minimum absolute atomic E-state index is 0.178. The Morgan fingerprint density at radius 1 is 1.50 bits per heavy atom. The van der Waals surface area contributed by atoms with E-state index in [4.69, 9.17) is 4.52 Å². The lowest BCUT2D eigenvalue weighted by Gasteiger charge is -2.21. The topological polar surface area (TPSA) is 79.5 Å². The highest BCUT2D eigenvalue weighted by Gasteiger charge is 2.37. The Morgan fingerprint density at radius 3 is 2.94 bits per heavy atom. The molecule has 2 fully saturated rings. The Hall–Kier alpha value is -1.43. The summed E-state index contributed by atoms with van der Waals surface area (Å²) in [6, 6.07) is -0.423. The van der Waals surface area contributed by atoms with Crippen LogP contribution in [0, 0.1) is 5.92 Å². The summed E-state index contributed by atoms with van der Waals surface area (Å²) in [5.41, 5.74) is 0. The van der Waals surface area contributed by atoms with Crippen LogP contribution in [0.2, 0.25) is 0 Å². The van der Waals surface area contributed by atoms with Gasteiger partial charge in [-0.05, 0) is 31.7 Å². The summed E-state index contributed by atoms with van der Waals surface area (Å²) in [4.78, 5) is 17.5. The smallest absolute Gasteiger partial charge is 0.321 e. The lowest BCUT2D eigenvalue weighted by Crippen LogP contribution is -2.38. The third kappa shape index (κ3) is 2.12. The van der Waals surface area contributed by atoms with Crippen LogP contribution in [0.3, 0.4) is 0 Å². The first-order valence-electron chi connectivity index (χ1n) is 6.44. The number of likely N-dealkylation sites (tertiary alicyclic amines) is 1. The van der Waals surface area contributed by atoms with Gasteiger partial charge in [-0.25, -0.2) is 0 Å². The molecule has 1 aromatic rings. The maximum Gasteiger partial charge on any atom is 0.321 e. The van der Waals surface area contributed by atoms with Gasteiger partial charge in [0.1, 0.15) is 6.04 Å². The zero-order valence-electron chi connectivity index (χ0n) is 10.4. The van der Waals surface area contributed by atoms with Crippen LogP contribution in [-0.2, 0) is 11.3 Å². The minimum atomic E-state index is -0.758. The summed E-state index contributed by atoms with van der Waals surface area (Å²) in [7, 11) is 0. The molecule has 1 saturated heterocycles. The van der Waals surface area contributed by atoms with E-state index in [0.29, 0.717) is 24.2 Å². The molecule has 0 radical (unpaired) electrons. The maximum absolute atomic E-state index is 11.2. The molecule has 2 unspecified atom stereocenters. The molecule has 2 heterocycles. The van der Waals surface area contributed by atoms with Crippen molar-refractivity contribution in [2.24, 2.45) is 5.92 Å². The first-order chi connectivity index (χ1) is 8.65. The number of carboxylic acid groups (broad SMARTS) is 1. The number of rotatable bonds is 4. The quantitative estimate of drug-likeness (QED) is 0.867. The molecule has 18 heavy (non-hydrogen) atoms. The fraction of sp³-hybridized carbons (Fsp3) is 0.750. The number of carboxylic acids is 1. The van der Waals surface area contributed by atoms with Crippen LogP contribution < -0.4 is 0 Å². The minimum Gasteiger partial charge on any atom is -0.480 e. The van der Waals surface area contributed by atoms with E-state index in [2.05, 4.69) is 10.1 Å². The molecule has 1 saturated carbocycles. The van der Waals surface area contributed by atoms with Gasteiger partial charge in [0.25, 0.3) is 0 Å². The zero-order chi connectivity index (χ0) is 12.7. The Labute approximate surface area is 105 Å². The highest BCUT2D eigenvalue weighted by Crippen LogP contribution is 2.39. The molecule has 2 aliphatic rings. The van der Waals surface area contributed by atoms with Crippen molar-refractivity contribution in [2.45, 2.75) is 44.7 Å². The molecule has 0 spiro atoms. The van der Waals surface area contributed by atoms with E-state index >= 15 is 0 Å². The Balaban J connectivity index is 1.68. The van der Waals surface area contributed by atoms with Gasteiger partial charge in [0, 0.05) is 5.92 Å². The van der Waals surface area contributed by atoms with Crippen LogP contribution in [0.1, 0.15) is 43.8 Å². The highest BCUT2D eigenvalue weighted by atomic mass is 16.5. The van der Waals surface area contributed by atoms with E-state index in [1.807, 2.05) is 11.8 Å². The van der Waals surface area contributed by atoms with Gasteiger partial charge < -0.3 is 9.63 Å². The molecule has 0 amide bonds. The molecule has 0 bridgehead atoms. The molecule has 6 heteroatoms. The van der Waals surface area contributed by atoms with Crippen LogP contribution >= 0.6 is 0 Å². The molecule has 1 aromatic heterocycles. The van der Waals surface area contributed by atoms with Crippen LogP contribution in [0.4, 0.5) is 0 Å². The van der Waals surface area contributed by atoms with Gasteiger partial charge in [-0.2, -0.15) is 4.98 Å². The normalized spacial score (nSPS) is 28.7. The van der Waals surface area contributed by atoms with E-state index in [1.165, 1.54) is 0 Å². The van der Waals surface area contributed by atoms with E-state index in [1.54, 1.807) is 0 Å². The predicted octanol–water partition coefficient (Wildman–Crippen LogP) is 1.24. The van der Waals surface area contributed by atoms with Crippen molar-refractivity contribution in [3.05, 3.63) is 11.7 Å². The van der Waals surface area contributed by atoms with Crippen LogP contribution in [0.5, 0.6) is 0 Å². The molecule has 3 rings (SSSR count). The second-order valence-electron chi connectivity index (χ2n) is 5.34. The fourth-order valence-electron chi connectivity index (χ4n) is 2.61. The largest absolute Gasteiger partial charge is 0.480 e. The van der Waals surface area contributed by atoms with Gasteiger partial charge in [-0.3, -0.25) is 9.69 Å². The van der Waals surface area contributed by atoms with Gasteiger partial charge in [-0.1, -0.05) is 12.1 Å². The molecular formula is C12H17N3O3. The van der Waals surface area contributed by atoms with Crippen molar-refractivity contribution >= 4 is 5.97 Å². The standard InChI is InChI=1S/C12H17N3O3/c1-7-4-5-15(10(7)12(16)17)6-9-13-11(18-14-9)8-2-3-8/h7-8,10H,2-6H2,1H3,(H,16,17). The van der Waals surface area contributed by atoms with Crippen LogP contribution in [0.25, 0.3) is 0 Å². The monoisotopic (exact) mass is 251 g/mol. The van der Waals surface area contributed by atoms with Gasteiger partial charge in [-0.15, -0.1) is 0 Å². The molecule has 1 aliphatic heterocycles. The number of hydrogen-bond donors (Lipinski definition) is 1. The van der Waals surface area contributed by atoms with Gasteiger partial charge in [0.15, 0.2) is 5.82 Å². The van der Waals surface area contributed by atoms with E-state index < -0.39 is 12.0 Å². The summed E-state index contributed by atoms with van der Waals surface area (Å²) in [5, 5.41) is 13.2. The van der Waals surface area contributed by atoms with E-state index in [0.717, 1.165) is 25.8 Å². The average molecular weight is 251 g/mol.